The fourth-order valence-corrected chi connectivity index (χ4v) is 15.4. The Labute approximate surface area is 658 Å². The Kier molecular flexibility index (Phi) is 79.2. The second kappa shape index (κ2) is 80.7. The van der Waals surface area contributed by atoms with Gasteiger partial charge in [-0.25, -0.2) is 9.13 Å². The Morgan fingerprint density at radius 2 is 0.430 bits per heavy atom. The lowest BCUT2D eigenvalue weighted by atomic mass is 10.0. The van der Waals surface area contributed by atoms with Crippen LogP contribution in [0.3, 0.4) is 0 Å². The van der Waals surface area contributed by atoms with Gasteiger partial charge in [0, 0.05) is 25.7 Å². The maximum absolute atomic E-state index is 13.2. The zero-order valence-corrected chi connectivity index (χ0v) is 72.1. The summed E-state index contributed by atoms with van der Waals surface area (Å²) in [6.07, 6.45) is 75.1. The molecule has 0 aliphatic rings. The lowest BCUT2D eigenvalue weighted by Gasteiger charge is -2.21. The highest BCUT2D eigenvalue weighted by atomic mass is 31.2. The van der Waals surface area contributed by atoms with Crippen molar-refractivity contribution in [2.24, 2.45) is 5.92 Å². The summed E-state index contributed by atoms with van der Waals surface area (Å²) in [5.74, 6) is -1.35. The van der Waals surface area contributed by atoms with Gasteiger partial charge >= 0.3 is 39.5 Å². The first-order valence-corrected chi connectivity index (χ1v) is 48.6. The molecule has 0 aromatic rings. The van der Waals surface area contributed by atoms with Gasteiger partial charge in [0.1, 0.15) is 19.3 Å². The molecule has 0 radical (unpaired) electrons. The second-order valence-corrected chi connectivity index (χ2v) is 35.0. The molecule has 0 aliphatic heterocycles. The molecule has 636 valence electrons. The Morgan fingerprint density at radius 1 is 0.252 bits per heavy atom. The van der Waals surface area contributed by atoms with Crippen molar-refractivity contribution in [2.45, 2.75) is 496 Å². The van der Waals surface area contributed by atoms with Gasteiger partial charge in [-0.1, -0.05) is 426 Å². The van der Waals surface area contributed by atoms with Crippen molar-refractivity contribution in [1.82, 2.24) is 0 Å². The van der Waals surface area contributed by atoms with E-state index >= 15 is 0 Å². The molecule has 3 N–H and O–H groups in total. The third-order valence-electron chi connectivity index (χ3n) is 20.8. The highest BCUT2D eigenvalue weighted by Gasteiger charge is 2.30. The monoisotopic (exact) mass is 1560 g/mol. The van der Waals surface area contributed by atoms with Gasteiger partial charge in [0.2, 0.25) is 0 Å². The van der Waals surface area contributed by atoms with E-state index in [1.807, 2.05) is 0 Å². The number of carbonyl (C=O) groups is 4. The number of unbranched alkanes of at least 4 members (excludes halogenated alkanes) is 60. The van der Waals surface area contributed by atoms with E-state index in [2.05, 4.69) is 34.6 Å². The summed E-state index contributed by atoms with van der Waals surface area (Å²) in [7, 11) is -9.93. The molecular formula is C88H172O17P2. The topological polar surface area (TPSA) is 237 Å². The maximum atomic E-state index is 13.2. The van der Waals surface area contributed by atoms with E-state index in [-0.39, 0.29) is 25.7 Å². The molecule has 0 amide bonds. The SMILES string of the molecule is CCCCCCCCCCCCCCCCCCCCCCCCC(=O)O[C@H](COC(=O)CCCCCCCCCCCCCCCCCCCC)COP(=O)(O)OC[C@@H](O)COP(=O)(O)OC[C@@H](COC(=O)CCCCCCCCCCCC(C)C)OC(=O)CCCCCCCCCCCCCCCCC. The van der Waals surface area contributed by atoms with Gasteiger partial charge in [-0.2, -0.15) is 0 Å². The molecule has 0 aromatic carbocycles. The van der Waals surface area contributed by atoms with Crippen LogP contribution in [0.2, 0.25) is 0 Å². The molecule has 0 saturated heterocycles. The van der Waals surface area contributed by atoms with E-state index in [0.717, 1.165) is 95.8 Å². The molecule has 0 aromatic heterocycles. The number of aliphatic hydroxyl groups is 1. The van der Waals surface area contributed by atoms with Crippen LogP contribution in [0, 0.1) is 5.92 Å². The van der Waals surface area contributed by atoms with Crippen molar-refractivity contribution >= 4 is 39.5 Å². The number of hydrogen-bond donors (Lipinski definition) is 3. The number of ether oxygens (including phenoxy) is 4. The van der Waals surface area contributed by atoms with Crippen LogP contribution in [0.1, 0.15) is 478 Å². The van der Waals surface area contributed by atoms with Crippen molar-refractivity contribution in [1.29, 1.82) is 0 Å². The van der Waals surface area contributed by atoms with Crippen molar-refractivity contribution in [3.8, 4) is 0 Å². The van der Waals surface area contributed by atoms with Gasteiger partial charge in [-0.3, -0.25) is 37.3 Å². The van der Waals surface area contributed by atoms with Crippen LogP contribution in [0.4, 0.5) is 0 Å². The van der Waals surface area contributed by atoms with Crippen LogP contribution in [0.15, 0.2) is 0 Å². The summed E-state index contributed by atoms with van der Waals surface area (Å²) in [5.41, 5.74) is 0. The Hall–Kier alpha value is -1.94. The van der Waals surface area contributed by atoms with Gasteiger partial charge in [-0.05, 0) is 31.6 Å². The molecule has 0 heterocycles. The second-order valence-electron chi connectivity index (χ2n) is 32.1. The molecule has 0 fully saturated rings. The van der Waals surface area contributed by atoms with E-state index in [4.69, 9.17) is 37.0 Å². The quantitative estimate of drug-likeness (QED) is 0.0222. The minimum absolute atomic E-state index is 0.108. The van der Waals surface area contributed by atoms with Gasteiger partial charge in [0.15, 0.2) is 12.2 Å². The van der Waals surface area contributed by atoms with E-state index in [1.165, 1.54) is 302 Å². The number of aliphatic hydroxyl groups excluding tert-OH is 1. The molecule has 5 atom stereocenters. The lowest BCUT2D eigenvalue weighted by molar-refractivity contribution is -0.161. The smallest absolute Gasteiger partial charge is 0.462 e. The largest absolute Gasteiger partial charge is 0.472 e. The first-order chi connectivity index (χ1) is 52.0. The van der Waals surface area contributed by atoms with Crippen LogP contribution in [-0.4, -0.2) is 96.7 Å². The Morgan fingerprint density at radius 3 is 0.636 bits per heavy atom. The molecule has 0 saturated carbocycles. The van der Waals surface area contributed by atoms with Crippen molar-refractivity contribution in [3.05, 3.63) is 0 Å². The maximum Gasteiger partial charge on any atom is 0.472 e. The zero-order valence-electron chi connectivity index (χ0n) is 70.3. The number of phosphoric acid groups is 2. The number of hydrogen-bond acceptors (Lipinski definition) is 15. The average molecular weight is 1560 g/mol. The van der Waals surface area contributed by atoms with Gasteiger partial charge in [0.25, 0.3) is 0 Å². The fraction of sp³-hybridized carbons (Fsp3) is 0.955. The Balaban J connectivity index is 5.24. The first-order valence-electron chi connectivity index (χ1n) is 45.6. The summed E-state index contributed by atoms with van der Waals surface area (Å²) in [5, 5.41) is 10.7. The van der Waals surface area contributed by atoms with Crippen LogP contribution in [-0.2, 0) is 65.4 Å². The summed E-state index contributed by atoms with van der Waals surface area (Å²) < 4.78 is 69.0. The van der Waals surface area contributed by atoms with E-state index in [1.54, 1.807) is 0 Å². The molecule has 19 heteroatoms. The number of carbonyl (C=O) groups excluding carboxylic acids is 4. The van der Waals surface area contributed by atoms with Crippen LogP contribution < -0.4 is 0 Å². The van der Waals surface area contributed by atoms with Crippen molar-refractivity contribution < 1.29 is 80.2 Å². The summed E-state index contributed by atoms with van der Waals surface area (Å²) >= 11 is 0. The molecule has 0 bridgehead atoms. The Bertz CT molecular complexity index is 2030. The molecule has 2 unspecified atom stereocenters. The van der Waals surface area contributed by atoms with Crippen LogP contribution in [0.5, 0.6) is 0 Å². The van der Waals surface area contributed by atoms with E-state index in [0.29, 0.717) is 25.7 Å². The highest BCUT2D eigenvalue weighted by molar-refractivity contribution is 7.47. The molecule has 0 spiro atoms. The third kappa shape index (κ3) is 81.9. The van der Waals surface area contributed by atoms with Crippen molar-refractivity contribution in [2.75, 3.05) is 39.6 Å². The van der Waals surface area contributed by atoms with Gasteiger partial charge in [-0.15, -0.1) is 0 Å². The molecule has 17 nitrogen and oxygen atoms in total. The normalized spacial score (nSPS) is 13.7. The number of rotatable bonds is 88. The predicted molar refractivity (Wildman–Crippen MR) is 442 cm³/mol. The van der Waals surface area contributed by atoms with Crippen molar-refractivity contribution in [3.63, 3.8) is 0 Å². The summed E-state index contributed by atoms with van der Waals surface area (Å²) in [4.78, 5) is 73.3. The summed E-state index contributed by atoms with van der Waals surface area (Å²) in [6.45, 7) is 7.36. The standard InChI is InChI=1S/C88H172O17P2/c1-6-9-12-15-18-21-24-27-30-32-34-35-36-37-39-42-45-48-53-59-64-69-74-88(93)104-83(77-98-85(90)71-66-61-56-51-46-43-41-38-33-31-28-25-22-19-16-13-10-7-2)79-102-106(94,95)100-75-82(89)76-101-107(96,97)103-80-84(78-99-86(91)72-67-62-57-54-49-50-55-60-65-70-81(4)5)105-87(92)73-68-63-58-52-47-44-40-29-26-23-20-17-14-11-8-3/h81-84,89H,6-80H2,1-5H3,(H,94,95)(H,96,97)/t82-,83-,84-/m1/s1. The minimum atomic E-state index is -4.97. The average Bonchev–Trinajstić information content (AvgIpc) is 0.905. The van der Waals surface area contributed by atoms with E-state index < -0.39 is 97.5 Å². The highest BCUT2D eigenvalue weighted by Crippen LogP contribution is 2.45. The predicted octanol–water partition coefficient (Wildman–Crippen LogP) is 27.2. The molecule has 0 rings (SSSR count). The number of phosphoric ester groups is 2. The molecular weight excluding hydrogens is 1390 g/mol. The molecule has 0 aliphatic carbocycles. The first kappa shape index (κ1) is 105. The number of esters is 4. The minimum Gasteiger partial charge on any atom is -0.462 e. The van der Waals surface area contributed by atoms with Gasteiger partial charge < -0.3 is 33.8 Å². The van der Waals surface area contributed by atoms with Crippen LogP contribution in [0.25, 0.3) is 0 Å². The lowest BCUT2D eigenvalue weighted by Crippen LogP contribution is -2.30. The van der Waals surface area contributed by atoms with Crippen LogP contribution >= 0.6 is 15.6 Å². The summed E-state index contributed by atoms with van der Waals surface area (Å²) in [6, 6.07) is 0. The van der Waals surface area contributed by atoms with Gasteiger partial charge in [0.05, 0.1) is 26.4 Å². The zero-order chi connectivity index (χ0) is 78.3. The third-order valence-corrected chi connectivity index (χ3v) is 22.7. The molecule has 107 heavy (non-hydrogen) atoms. The fourth-order valence-electron chi connectivity index (χ4n) is 13.8. The van der Waals surface area contributed by atoms with E-state index in [9.17, 15) is 43.2 Å².